The zero-order chi connectivity index (χ0) is 15.3. The van der Waals surface area contributed by atoms with Gasteiger partial charge in [-0.1, -0.05) is 6.07 Å². The third-order valence-electron chi connectivity index (χ3n) is 2.21. The Balaban J connectivity index is 2.88. The lowest BCUT2D eigenvalue weighted by Gasteiger charge is -2.17. The Morgan fingerprint density at radius 1 is 1.25 bits per heavy atom. The van der Waals surface area contributed by atoms with Gasteiger partial charge in [-0.05, 0) is 44.5 Å². The molecular formula is C15H17FO4. The van der Waals surface area contributed by atoms with E-state index >= 15 is 0 Å². The van der Waals surface area contributed by atoms with Crippen LogP contribution in [-0.2, 0) is 14.3 Å². The molecule has 0 bridgehead atoms. The molecule has 4 nitrogen and oxygen atoms in total. The van der Waals surface area contributed by atoms with Crippen LogP contribution in [0.15, 0.2) is 24.3 Å². The molecule has 0 fully saturated rings. The number of esters is 2. The van der Waals surface area contributed by atoms with Crippen molar-refractivity contribution >= 4 is 18.0 Å². The van der Waals surface area contributed by atoms with E-state index in [-0.39, 0.29) is 5.56 Å². The molecule has 0 amide bonds. The third kappa shape index (κ3) is 4.84. The molecule has 0 atom stereocenters. The van der Waals surface area contributed by atoms with Gasteiger partial charge < -0.3 is 9.47 Å². The summed E-state index contributed by atoms with van der Waals surface area (Å²) in [5.74, 6) is -1.96. The highest BCUT2D eigenvalue weighted by molar-refractivity contribution is 5.91. The van der Waals surface area contributed by atoms with Crippen LogP contribution in [0.4, 0.5) is 4.39 Å². The minimum Gasteiger partial charge on any atom is -0.465 e. The molecule has 0 aromatic heterocycles. The summed E-state index contributed by atoms with van der Waals surface area (Å²) in [5, 5.41) is 0. The van der Waals surface area contributed by atoms with Crippen molar-refractivity contribution in [2.45, 2.75) is 26.4 Å². The average molecular weight is 280 g/mol. The summed E-state index contributed by atoms with van der Waals surface area (Å²) in [6.07, 6.45) is 2.67. The first-order chi connectivity index (χ1) is 9.23. The van der Waals surface area contributed by atoms with E-state index in [1.54, 1.807) is 20.8 Å². The van der Waals surface area contributed by atoms with Gasteiger partial charge in [-0.3, -0.25) is 0 Å². The molecule has 0 saturated carbocycles. The minimum atomic E-state index is -0.769. The van der Waals surface area contributed by atoms with Crippen LogP contribution >= 0.6 is 0 Å². The van der Waals surface area contributed by atoms with Gasteiger partial charge in [0.2, 0.25) is 0 Å². The Morgan fingerprint density at radius 3 is 2.45 bits per heavy atom. The van der Waals surface area contributed by atoms with Crippen molar-refractivity contribution in [3.05, 3.63) is 41.2 Å². The van der Waals surface area contributed by atoms with Gasteiger partial charge in [0.25, 0.3) is 0 Å². The fourth-order valence-corrected chi connectivity index (χ4v) is 1.41. The quantitative estimate of drug-likeness (QED) is 0.631. The highest BCUT2D eigenvalue weighted by Crippen LogP contribution is 2.14. The molecule has 0 radical (unpaired) electrons. The number of carbonyl (C=O) groups is 2. The molecule has 0 aliphatic carbocycles. The second kappa shape index (κ2) is 6.32. The van der Waals surface area contributed by atoms with Crippen LogP contribution in [0.5, 0.6) is 0 Å². The van der Waals surface area contributed by atoms with Gasteiger partial charge in [-0.2, -0.15) is 0 Å². The molecule has 5 heteroatoms. The molecule has 1 aromatic rings. The second-order valence-corrected chi connectivity index (χ2v) is 5.10. The second-order valence-electron chi connectivity index (χ2n) is 5.10. The Bertz CT molecular complexity index is 541. The summed E-state index contributed by atoms with van der Waals surface area (Å²) in [6, 6.07) is 3.89. The van der Waals surface area contributed by atoms with Crippen molar-refractivity contribution in [1.29, 1.82) is 0 Å². The maximum Gasteiger partial charge on any atom is 0.340 e. The normalized spacial score (nSPS) is 11.4. The van der Waals surface area contributed by atoms with Crippen LogP contribution in [0, 0.1) is 5.82 Å². The fraction of sp³-hybridized carbons (Fsp3) is 0.333. The lowest BCUT2D eigenvalue weighted by atomic mass is 10.1. The first-order valence-corrected chi connectivity index (χ1v) is 6.02. The van der Waals surface area contributed by atoms with Gasteiger partial charge in [0.15, 0.2) is 0 Å². The predicted octanol–water partition coefficient (Wildman–Crippen LogP) is 2.97. The summed E-state index contributed by atoms with van der Waals surface area (Å²) < 4.78 is 23.0. The lowest BCUT2D eigenvalue weighted by molar-refractivity contribution is -0.148. The monoisotopic (exact) mass is 280 g/mol. The number of hydrogen-bond donors (Lipinski definition) is 0. The van der Waals surface area contributed by atoms with Crippen LogP contribution in [0.25, 0.3) is 6.08 Å². The lowest BCUT2D eigenvalue weighted by Crippen LogP contribution is -2.22. The molecule has 0 aliphatic rings. The summed E-state index contributed by atoms with van der Waals surface area (Å²) in [6.45, 7) is 5.27. The van der Waals surface area contributed by atoms with Crippen LogP contribution in [0.2, 0.25) is 0 Å². The van der Waals surface area contributed by atoms with Crippen molar-refractivity contribution in [3.8, 4) is 0 Å². The van der Waals surface area contributed by atoms with Gasteiger partial charge >= 0.3 is 11.9 Å². The Labute approximate surface area is 117 Å². The predicted molar refractivity (Wildman–Crippen MR) is 72.6 cm³/mol. The van der Waals surface area contributed by atoms with E-state index in [4.69, 9.17) is 4.74 Å². The summed E-state index contributed by atoms with van der Waals surface area (Å²) in [5.41, 5.74) is -0.266. The summed E-state index contributed by atoms with van der Waals surface area (Å²) in [4.78, 5) is 22.8. The van der Waals surface area contributed by atoms with Gasteiger partial charge in [-0.25, -0.2) is 14.0 Å². The van der Waals surface area contributed by atoms with E-state index in [1.807, 2.05) is 0 Å². The number of halogens is 1. The number of methoxy groups -OCH3 is 1. The van der Waals surface area contributed by atoms with Gasteiger partial charge in [-0.15, -0.1) is 0 Å². The van der Waals surface area contributed by atoms with E-state index in [0.29, 0.717) is 5.56 Å². The fourth-order valence-electron chi connectivity index (χ4n) is 1.41. The first-order valence-electron chi connectivity index (χ1n) is 6.02. The van der Waals surface area contributed by atoms with E-state index < -0.39 is 23.4 Å². The Kier molecular flexibility index (Phi) is 5.02. The van der Waals surface area contributed by atoms with Crippen LogP contribution in [0.1, 0.15) is 36.7 Å². The van der Waals surface area contributed by atoms with Crippen molar-refractivity contribution in [1.82, 2.24) is 0 Å². The standard InChI is InChI=1S/C15H17FO4/c1-15(2,3)20-13(17)8-6-10-5-7-12(16)11(9-10)14(18)19-4/h5-9H,1-4H3/b8-6+. The first kappa shape index (κ1) is 15.9. The van der Waals surface area contributed by atoms with E-state index in [2.05, 4.69) is 4.74 Å². The summed E-state index contributed by atoms with van der Waals surface area (Å²) in [7, 11) is 1.17. The smallest absolute Gasteiger partial charge is 0.340 e. The molecular weight excluding hydrogens is 263 g/mol. The minimum absolute atomic E-state index is 0.182. The van der Waals surface area contributed by atoms with E-state index in [0.717, 1.165) is 6.07 Å². The maximum absolute atomic E-state index is 13.4. The van der Waals surface area contributed by atoms with Crippen molar-refractivity contribution in [2.75, 3.05) is 7.11 Å². The van der Waals surface area contributed by atoms with E-state index in [1.165, 1.54) is 31.4 Å². The molecule has 0 saturated heterocycles. The van der Waals surface area contributed by atoms with Crippen molar-refractivity contribution in [3.63, 3.8) is 0 Å². The molecule has 0 spiro atoms. The number of ether oxygens (including phenoxy) is 2. The maximum atomic E-state index is 13.4. The number of carbonyl (C=O) groups excluding carboxylic acids is 2. The third-order valence-corrected chi connectivity index (χ3v) is 2.21. The van der Waals surface area contributed by atoms with Crippen LogP contribution < -0.4 is 0 Å². The Hall–Kier alpha value is -2.17. The largest absolute Gasteiger partial charge is 0.465 e. The molecule has 20 heavy (non-hydrogen) atoms. The molecule has 1 rings (SSSR count). The molecule has 0 unspecified atom stereocenters. The van der Waals surface area contributed by atoms with Crippen molar-refractivity contribution < 1.29 is 23.5 Å². The molecule has 0 heterocycles. The van der Waals surface area contributed by atoms with Gasteiger partial charge in [0.1, 0.15) is 11.4 Å². The van der Waals surface area contributed by atoms with Gasteiger partial charge in [0, 0.05) is 6.08 Å². The Morgan fingerprint density at radius 2 is 1.90 bits per heavy atom. The number of benzene rings is 1. The molecule has 0 aliphatic heterocycles. The average Bonchev–Trinajstić information content (AvgIpc) is 2.35. The van der Waals surface area contributed by atoms with Crippen molar-refractivity contribution in [2.24, 2.45) is 0 Å². The topological polar surface area (TPSA) is 52.6 Å². The molecule has 0 N–H and O–H groups in total. The summed E-state index contributed by atoms with van der Waals surface area (Å²) >= 11 is 0. The zero-order valence-electron chi connectivity index (χ0n) is 11.9. The highest BCUT2D eigenvalue weighted by atomic mass is 19.1. The van der Waals surface area contributed by atoms with E-state index in [9.17, 15) is 14.0 Å². The zero-order valence-corrected chi connectivity index (χ0v) is 11.9. The molecule has 1 aromatic carbocycles. The number of hydrogen-bond acceptors (Lipinski definition) is 4. The van der Waals surface area contributed by atoms with Gasteiger partial charge in [0.05, 0.1) is 12.7 Å². The number of rotatable bonds is 3. The highest BCUT2D eigenvalue weighted by Gasteiger charge is 2.14. The van der Waals surface area contributed by atoms with Crippen LogP contribution in [-0.4, -0.2) is 24.6 Å². The SMILES string of the molecule is COC(=O)c1cc(/C=C/C(=O)OC(C)(C)C)ccc1F. The van der Waals surface area contributed by atoms with Crippen LogP contribution in [0.3, 0.4) is 0 Å². The molecule has 108 valence electrons.